The number of rotatable bonds is 8. The number of halogens is 1. The van der Waals surface area contributed by atoms with Gasteiger partial charge in [-0.15, -0.1) is 0 Å². The third-order valence-electron chi connectivity index (χ3n) is 5.91. The van der Waals surface area contributed by atoms with Crippen LogP contribution in [-0.2, 0) is 18.8 Å². The summed E-state index contributed by atoms with van der Waals surface area (Å²) in [5.41, 5.74) is 6.23. The maximum Gasteiger partial charge on any atom is 0.251 e. The van der Waals surface area contributed by atoms with Gasteiger partial charge in [-0.05, 0) is 48.4 Å². The summed E-state index contributed by atoms with van der Waals surface area (Å²) in [4.78, 5) is 21.9. The van der Waals surface area contributed by atoms with Gasteiger partial charge in [0.05, 0.1) is 6.54 Å². The van der Waals surface area contributed by atoms with Crippen LogP contribution in [0.5, 0.6) is 0 Å². The van der Waals surface area contributed by atoms with E-state index in [1.165, 1.54) is 17.2 Å². The Morgan fingerprint density at radius 2 is 1.69 bits per heavy atom. The number of aryl methyl sites for hydroxylation is 1. The van der Waals surface area contributed by atoms with E-state index >= 15 is 0 Å². The van der Waals surface area contributed by atoms with Gasteiger partial charge in [0.25, 0.3) is 5.91 Å². The van der Waals surface area contributed by atoms with Crippen molar-refractivity contribution >= 4 is 28.8 Å². The maximum atomic E-state index is 13.8. The maximum absolute atomic E-state index is 13.8. The third-order valence-corrected chi connectivity index (χ3v) is 6.96. The number of hydrogen-bond donors (Lipinski definition) is 1. The zero-order chi connectivity index (χ0) is 24.9. The summed E-state index contributed by atoms with van der Waals surface area (Å²) in [6.07, 6.45) is 1.79. The number of nitrogens with zero attached hydrogens (tertiary/aromatic N) is 3. The van der Waals surface area contributed by atoms with E-state index in [1.807, 2.05) is 24.3 Å². The Kier molecular flexibility index (Phi) is 7.09. The summed E-state index contributed by atoms with van der Waals surface area (Å²) >= 11 is 1.64. The zero-order valence-electron chi connectivity index (χ0n) is 19.8. The molecule has 7 heteroatoms. The third kappa shape index (κ3) is 5.47. The first-order valence-corrected chi connectivity index (χ1v) is 12.7. The standard InChI is InChI=1S/C29H25FN4OS/c1-20-8-10-21(11-9-20)18-34-27-26(7-4-16-31-27)33-29(34)36-19-22-12-14-23(15-13-22)28(35)32-17-24-5-2-3-6-25(24)30/h2-16H,17-19H2,1H3,(H,32,35). The van der Waals surface area contributed by atoms with Crippen LogP contribution in [0.4, 0.5) is 4.39 Å². The van der Waals surface area contributed by atoms with Gasteiger partial charge in [0.2, 0.25) is 0 Å². The summed E-state index contributed by atoms with van der Waals surface area (Å²) < 4.78 is 15.9. The highest BCUT2D eigenvalue weighted by Crippen LogP contribution is 2.27. The topological polar surface area (TPSA) is 59.8 Å². The van der Waals surface area contributed by atoms with Gasteiger partial charge in [0, 0.05) is 29.6 Å². The van der Waals surface area contributed by atoms with Gasteiger partial charge in [0.15, 0.2) is 10.8 Å². The zero-order valence-corrected chi connectivity index (χ0v) is 20.6. The highest BCUT2D eigenvalue weighted by atomic mass is 32.2. The van der Waals surface area contributed by atoms with E-state index in [4.69, 9.17) is 4.98 Å². The second-order valence-electron chi connectivity index (χ2n) is 8.57. The Balaban J connectivity index is 1.26. The minimum Gasteiger partial charge on any atom is -0.348 e. The molecule has 180 valence electrons. The number of imidazole rings is 1. The fourth-order valence-corrected chi connectivity index (χ4v) is 4.84. The van der Waals surface area contributed by atoms with Gasteiger partial charge in [0.1, 0.15) is 11.3 Å². The Labute approximate surface area is 213 Å². The molecule has 5 rings (SSSR count). The molecule has 0 unspecified atom stereocenters. The van der Waals surface area contributed by atoms with Crippen LogP contribution in [0.3, 0.4) is 0 Å². The molecule has 5 aromatic rings. The summed E-state index contributed by atoms with van der Waals surface area (Å²) in [5, 5.41) is 3.68. The Morgan fingerprint density at radius 3 is 2.47 bits per heavy atom. The molecule has 2 heterocycles. The van der Waals surface area contributed by atoms with E-state index in [-0.39, 0.29) is 18.3 Å². The Morgan fingerprint density at radius 1 is 0.944 bits per heavy atom. The number of amides is 1. The van der Waals surface area contributed by atoms with E-state index in [2.05, 4.69) is 46.1 Å². The molecule has 36 heavy (non-hydrogen) atoms. The molecule has 0 spiro atoms. The second kappa shape index (κ2) is 10.7. The monoisotopic (exact) mass is 496 g/mol. The first-order valence-electron chi connectivity index (χ1n) is 11.7. The molecule has 0 aliphatic rings. The average Bonchev–Trinajstić information content (AvgIpc) is 3.25. The van der Waals surface area contributed by atoms with Crippen molar-refractivity contribution in [3.8, 4) is 0 Å². The summed E-state index contributed by atoms with van der Waals surface area (Å²) in [7, 11) is 0. The van der Waals surface area contributed by atoms with Gasteiger partial charge in [-0.2, -0.15) is 0 Å². The molecule has 1 amide bonds. The molecule has 5 nitrogen and oxygen atoms in total. The number of aromatic nitrogens is 3. The number of benzene rings is 3. The largest absolute Gasteiger partial charge is 0.348 e. The van der Waals surface area contributed by atoms with Crippen molar-refractivity contribution in [3.05, 3.63) is 125 Å². The lowest BCUT2D eigenvalue weighted by atomic mass is 10.1. The number of carbonyl (C=O) groups excluding carboxylic acids is 1. The van der Waals surface area contributed by atoms with Crippen LogP contribution in [-0.4, -0.2) is 20.4 Å². The van der Waals surface area contributed by atoms with Crippen LogP contribution in [0.1, 0.15) is 32.6 Å². The number of thioether (sulfide) groups is 1. The van der Waals surface area contributed by atoms with E-state index in [0.29, 0.717) is 23.4 Å². The summed E-state index contributed by atoms with van der Waals surface area (Å²) in [5.74, 6) is 0.145. The lowest BCUT2D eigenvalue weighted by molar-refractivity contribution is 0.0950. The highest BCUT2D eigenvalue weighted by Gasteiger charge is 2.13. The molecule has 0 saturated heterocycles. The van der Waals surface area contributed by atoms with Gasteiger partial charge < -0.3 is 5.32 Å². The van der Waals surface area contributed by atoms with Gasteiger partial charge >= 0.3 is 0 Å². The molecule has 2 aromatic heterocycles. The number of carbonyl (C=O) groups is 1. The van der Waals surface area contributed by atoms with Crippen LogP contribution in [0.2, 0.25) is 0 Å². The predicted molar refractivity (Wildman–Crippen MR) is 141 cm³/mol. The number of hydrogen-bond acceptors (Lipinski definition) is 4. The molecule has 0 aliphatic heterocycles. The van der Waals surface area contributed by atoms with Crippen LogP contribution in [0.15, 0.2) is 96.3 Å². The highest BCUT2D eigenvalue weighted by molar-refractivity contribution is 7.98. The minimum atomic E-state index is -0.325. The van der Waals surface area contributed by atoms with E-state index in [1.54, 1.807) is 48.3 Å². The van der Waals surface area contributed by atoms with Gasteiger partial charge in [-0.25, -0.2) is 14.4 Å². The molecule has 0 saturated carbocycles. The van der Waals surface area contributed by atoms with Crippen molar-refractivity contribution in [3.63, 3.8) is 0 Å². The molecule has 0 atom stereocenters. The fraction of sp³-hybridized carbons (Fsp3) is 0.138. The smallest absolute Gasteiger partial charge is 0.251 e. The molecule has 1 N–H and O–H groups in total. The van der Waals surface area contributed by atoms with Crippen LogP contribution < -0.4 is 5.32 Å². The number of fused-ring (bicyclic) bond motifs is 1. The molecular weight excluding hydrogens is 471 g/mol. The number of pyridine rings is 1. The van der Waals surface area contributed by atoms with E-state index in [9.17, 15) is 9.18 Å². The van der Waals surface area contributed by atoms with Crippen LogP contribution in [0, 0.1) is 12.7 Å². The SMILES string of the molecule is Cc1ccc(Cn2c(SCc3ccc(C(=O)NCc4ccccc4F)cc3)nc3cccnc32)cc1. The summed E-state index contributed by atoms with van der Waals surface area (Å²) in [6, 6.07) is 26.3. The Bertz CT molecular complexity index is 1500. The predicted octanol–water partition coefficient (Wildman–Crippen LogP) is 6.15. The normalized spacial score (nSPS) is 11.1. The van der Waals surface area contributed by atoms with Crippen molar-refractivity contribution in [2.45, 2.75) is 30.9 Å². The van der Waals surface area contributed by atoms with Crippen molar-refractivity contribution in [1.82, 2.24) is 19.9 Å². The first-order chi connectivity index (χ1) is 17.6. The van der Waals surface area contributed by atoms with Crippen LogP contribution >= 0.6 is 11.8 Å². The molecular formula is C29H25FN4OS. The van der Waals surface area contributed by atoms with E-state index in [0.717, 1.165) is 21.9 Å². The summed E-state index contributed by atoms with van der Waals surface area (Å²) in [6.45, 7) is 2.92. The molecule has 0 bridgehead atoms. The van der Waals surface area contributed by atoms with Crippen molar-refractivity contribution in [1.29, 1.82) is 0 Å². The molecule has 0 fully saturated rings. The minimum absolute atomic E-state index is 0.147. The van der Waals surface area contributed by atoms with Crippen molar-refractivity contribution in [2.24, 2.45) is 0 Å². The van der Waals surface area contributed by atoms with Crippen molar-refractivity contribution in [2.75, 3.05) is 0 Å². The second-order valence-corrected chi connectivity index (χ2v) is 9.51. The number of nitrogens with one attached hydrogen (secondary N) is 1. The average molecular weight is 497 g/mol. The molecule has 0 radical (unpaired) electrons. The van der Waals surface area contributed by atoms with Gasteiger partial charge in [-0.1, -0.05) is 71.9 Å². The van der Waals surface area contributed by atoms with Gasteiger partial charge in [-0.3, -0.25) is 9.36 Å². The Hall–Kier alpha value is -3.97. The lowest BCUT2D eigenvalue weighted by Gasteiger charge is -2.10. The van der Waals surface area contributed by atoms with Crippen LogP contribution in [0.25, 0.3) is 11.2 Å². The first kappa shape index (κ1) is 23.8. The fourth-order valence-electron chi connectivity index (χ4n) is 3.89. The quantitative estimate of drug-likeness (QED) is 0.262. The molecule has 3 aromatic carbocycles. The lowest BCUT2D eigenvalue weighted by Crippen LogP contribution is -2.23. The molecule has 0 aliphatic carbocycles. The van der Waals surface area contributed by atoms with Crippen molar-refractivity contribution < 1.29 is 9.18 Å². The van der Waals surface area contributed by atoms with E-state index < -0.39 is 0 Å².